The molecule has 0 aliphatic carbocycles. The number of rotatable bonds is 5. The van der Waals surface area contributed by atoms with Crippen molar-refractivity contribution in [2.24, 2.45) is 0 Å². The molecule has 0 saturated heterocycles. The number of imide groups is 1. The van der Waals surface area contributed by atoms with Gasteiger partial charge >= 0.3 is 18.2 Å². The highest BCUT2D eigenvalue weighted by molar-refractivity contribution is 6.00. The second-order valence-electron chi connectivity index (χ2n) is 5.33. The molecule has 0 heterocycles. The van der Waals surface area contributed by atoms with Gasteiger partial charge in [-0.15, -0.1) is 0 Å². The molecule has 27 heavy (non-hydrogen) atoms. The van der Waals surface area contributed by atoms with Crippen molar-refractivity contribution in [1.82, 2.24) is 10.6 Å². The minimum Gasteiger partial charge on any atom is -0.452 e. The minimum atomic E-state index is -4.60. The summed E-state index contributed by atoms with van der Waals surface area (Å²) in [7, 11) is 0. The van der Waals surface area contributed by atoms with Crippen molar-refractivity contribution in [3.63, 3.8) is 0 Å². The van der Waals surface area contributed by atoms with E-state index in [9.17, 15) is 27.6 Å². The lowest BCUT2D eigenvalue weighted by molar-refractivity contribution is -0.125. The Balaban J connectivity index is 1.93. The Hall–Kier alpha value is -3.36. The number of hydrogen-bond acceptors (Lipinski definition) is 4. The maximum Gasteiger partial charge on any atom is 0.405 e. The molecule has 2 rings (SSSR count). The Labute approximate surface area is 152 Å². The first-order valence-corrected chi connectivity index (χ1v) is 7.72. The van der Waals surface area contributed by atoms with Gasteiger partial charge < -0.3 is 10.1 Å². The first kappa shape index (κ1) is 20.0. The fourth-order valence-corrected chi connectivity index (χ4v) is 2.13. The molecule has 0 aliphatic rings. The first-order valence-electron chi connectivity index (χ1n) is 7.72. The van der Waals surface area contributed by atoms with E-state index in [2.05, 4.69) is 0 Å². The van der Waals surface area contributed by atoms with E-state index in [1.807, 2.05) is 6.07 Å². The molecule has 0 aliphatic heterocycles. The largest absolute Gasteiger partial charge is 0.452 e. The highest BCUT2D eigenvalue weighted by atomic mass is 19.4. The Morgan fingerprint density at radius 1 is 0.926 bits per heavy atom. The van der Waals surface area contributed by atoms with Crippen LogP contribution < -0.4 is 10.6 Å². The van der Waals surface area contributed by atoms with Gasteiger partial charge in [-0.3, -0.25) is 10.1 Å². The van der Waals surface area contributed by atoms with Crippen molar-refractivity contribution in [3.05, 3.63) is 60.2 Å². The molecule has 0 atom stereocenters. The van der Waals surface area contributed by atoms with Crippen molar-refractivity contribution in [3.8, 4) is 11.1 Å². The van der Waals surface area contributed by atoms with Crippen LogP contribution in [0.1, 0.15) is 10.4 Å². The molecular weight excluding hydrogens is 365 g/mol. The van der Waals surface area contributed by atoms with Crippen LogP contribution in [0.5, 0.6) is 0 Å². The lowest BCUT2D eigenvalue weighted by Gasteiger charge is -2.11. The topological polar surface area (TPSA) is 84.5 Å². The number of urea groups is 1. The van der Waals surface area contributed by atoms with Crippen LogP contribution in [-0.4, -0.2) is 37.2 Å². The van der Waals surface area contributed by atoms with Crippen LogP contribution in [0.25, 0.3) is 11.1 Å². The third kappa shape index (κ3) is 6.46. The number of alkyl halides is 3. The van der Waals surface area contributed by atoms with Gasteiger partial charge in [0.1, 0.15) is 6.54 Å². The molecule has 3 amide bonds. The number of esters is 1. The quantitative estimate of drug-likeness (QED) is 0.782. The predicted octanol–water partition coefficient (Wildman–Crippen LogP) is 2.90. The SMILES string of the molecule is O=C(COC(=O)c1ccccc1-c1ccccc1)NC(=O)NCC(F)(F)F. The van der Waals surface area contributed by atoms with Crippen LogP contribution >= 0.6 is 0 Å². The Morgan fingerprint density at radius 3 is 2.22 bits per heavy atom. The lowest BCUT2D eigenvalue weighted by atomic mass is 10.00. The van der Waals surface area contributed by atoms with E-state index >= 15 is 0 Å². The summed E-state index contributed by atoms with van der Waals surface area (Å²) in [5.74, 6) is -1.86. The second kappa shape index (κ2) is 8.84. The average Bonchev–Trinajstić information content (AvgIpc) is 2.64. The molecule has 0 spiro atoms. The molecule has 2 aromatic carbocycles. The number of hydrogen-bond donors (Lipinski definition) is 2. The van der Waals surface area contributed by atoms with Crippen LogP contribution in [0.15, 0.2) is 54.6 Å². The van der Waals surface area contributed by atoms with Crippen molar-refractivity contribution < 1.29 is 32.3 Å². The van der Waals surface area contributed by atoms with Crippen molar-refractivity contribution in [2.75, 3.05) is 13.2 Å². The number of amides is 3. The molecule has 0 bridgehead atoms. The van der Waals surface area contributed by atoms with Gasteiger partial charge in [0, 0.05) is 0 Å². The van der Waals surface area contributed by atoms with E-state index < -0.39 is 37.2 Å². The van der Waals surface area contributed by atoms with Gasteiger partial charge in [-0.1, -0.05) is 48.5 Å². The highest BCUT2D eigenvalue weighted by Crippen LogP contribution is 2.23. The molecule has 9 heteroatoms. The fourth-order valence-electron chi connectivity index (χ4n) is 2.13. The van der Waals surface area contributed by atoms with Crippen LogP contribution in [0.4, 0.5) is 18.0 Å². The number of halogens is 3. The van der Waals surface area contributed by atoms with E-state index in [-0.39, 0.29) is 5.56 Å². The van der Waals surface area contributed by atoms with Gasteiger partial charge in [-0.25, -0.2) is 9.59 Å². The number of carbonyl (C=O) groups excluding carboxylic acids is 3. The maximum atomic E-state index is 12.2. The van der Waals surface area contributed by atoms with Gasteiger partial charge in [0.2, 0.25) is 0 Å². The monoisotopic (exact) mass is 380 g/mol. The number of nitrogens with one attached hydrogen (secondary N) is 2. The summed E-state index contributed by atoms with van der Waals surface area (Å²) in [6, 6.07) is 14.2. The Kier molecular flexibility index (Phi) is 6.53. The van der Waals surface area contributed by atoms with E-state index in [4.69, 9.17) is 4.74 Å². The van der Waals surface area contributed by atoms with Crippen LogP contribution in [0, 0.1) is 0 Å². The zero-order valence-electron chi connectivity index (χ0n) is 13.9. The third-order valence-electron chi connectivity index (χ3n) is 3.27. The maximum absolute atomic E-state index is 12.2. The van der Waals surface area contributed by atoms with Crippen molar-refractivity contribution in [1.29, 1.82) is 0 Å². The molecule has 0 fully saturated rings. The third-order valence-corrected chi connectivity index (χ3v) is 3.27. The van der Waals surface area contributed by atoms with Crippen LogP contribution in [-0.2, 0) is 9.53 Å². The summed E-state index contributed by atoms with van der Waals surface area (Å²) in [5.41, 5.74) is 1.56. The van der Waals surface area contributed by atoms with Crippen molar-refractivity contribution in [2.45, 2.75) is 6.18 Å². The van der Waals surface area contributed by atoms with Gasteiger partial charge in [0.05, 0.1) is 5.56 Å². The normalized spacial score (nSPS) is 10.8. The zero-order chi connectivity index (χ0) is 19.9. The van der Waals surface area contributed by atoms with E-state index in [1.165, 1.54) is 11.4 Å². The average molecular weight is 380 g/mol. The molecular formula is C18H15F3N2O4. The molecule has 142 valence electrons. The number of carbonyl (C=O) groups is 3. The Morgan fingerprint density at radius 2 is 1.56 bits per heavy atom. The molecule has 2 aromatic rings. The van der Waals surface area contributed by atoms with Crippen LogP contribution in [0.3, 0.4) is 0 Å². The summed E-state index contributed by atoms with van der Waals surface area (Å²) < 4.78 is 40.8. The molecule has 0 radical (unpaired) electrons. The van der Waals surface area contributed by atoms with Gasteiger partial charge in [0.15, 0.2) is 6.61 Å². The summed E-state index contributed by atoms with van der Waals surface area (Å²) in [4.78, 5) is 34.9. The highest BCUT2D eigenvalue weighted by Gasteiger charge is 2.28. The number of ether oxygens (including phenoxy) is 1. The number of benzene rings is 2. The molecule has 0 saturated carbocycles. The lowest BCUT2D eigenvalue weighted by Crippen LogP contribution is -2.44. The molecule has 0 aromatic heterocycles. The van der Waals surface area contributed by atoms with Gasteiger partial charge in [-0.2, -0.15) is 13.2 Å². The summed E-state index contributed by atoms with van der Waals surface area (Å²) in [6.45, 7) is -2.41. The van der Waals surface area contributed by atoms with E-state index in [1.54, 1.807) is 47.8 Å². The van der Waals surface area contributed by atoms with E-state index in [0.717, 1.165) is 5.56 Å². The second-order valence-corrected chi connectivity index (χ2v) is 5.33. The van der Waals surface area contributed by atoms with Gasteiger partial charge in [-0.05, 0) is 17.2 Å². The fraction of sp³-hybridized carbons (Fsp3) is 0.167. The molecule has 0 unspecified atom stereocenters. The molecule has 2 N–H and O–H groups in total. The Bertz CT molecular complexity index is 823. The van der Waals surface area contributed by atoms with E-state index in [0.29, 0.717) is 5.56 Å². The minimum absolute atomic E-state index is 0.207. The van der Waals surface area contributed by atoms with Gasteiger partial charge in [0.25, 0.3) is 5.91 Å². The zero-order valence-corrected chi connectivity index (χ0v) is 13.9. The summed E-state index contributed by atoms with van der Waals surface area (Å²) >= 11 is 0. The standard InChI is InChI=1S/C18H15F3N2O4/c19-18(20,21)11-22-17(26)23-15(24)10-27-16(25)14-9-5-4-8-13(14)12-6-2-1-3-7-12/h1-9H,10-11H2,(H2,22,23,24,26). The smallest absolute Gasteiger partial charge is 0.405 e. The molecule has 6 nitrogen and oxygen atoms in total. The predicted molar refractivity (Wildman–Crippen MR) is 89.8 cm³/mol. The van der Waals surface area contributed by atoms with Crippen molar-refractivity contribution >= 4 is 17.9 Å². The summed E-state index contributed by atoms with van der Waals surface area (Å²) in [6.07, 6.45) is -4.60. The summed E-state index contributed by atoms with van der Waals surface area (Å²) in [5, 5.41) is 3.11. The van der Waals surface area contributed by atoms with Crippen LogP contribution in [0.2, 0.25) is 0 Å². The first-order chi connectivity index (χ1) is 12.8.